The molecule has 0 N–H and O–H groups in total. The van der Waals surface area contributed by atoms with Gasteiger partial charge in [-0.2, -0.15) is 8.78 Å². The number of nitrogens with zero attached hydrogens (tertiary/aromatic N) is 3. The molecule has 0 atom stereocenters. The van der Waals surface area contributed by atoms with Gasteiger partial charge in [0.25, 0.3) is 5.91 Å². The summed E-state index contributed by atoms with van der Waals surface area (Å²) >= 11 is 0. The van der Waals surface area contributed by atoms with E-state index in [-0.39, 0.29) is 17.9 Å². The van der Waals surface area contributed by atoms with E-state index >= 15 is 0 Å². The van der Waals surface area contributed by atoms with Crippen molar-refractivity contribution in [1.82, 2.24) is 14.5 Å². The number of rotatable bonds is 4. The van der Waals surface area contributed by atoms with Crippen LogP contribution in [0.3, 0.4) is 0 Å². The van der Waals surface area contributed by atoms with E-state index in [1.165, 1.54) is 13.2 Å². The summed E-state index contributed by atoms with van der Waals surface area (Å²) in [6.45, 7) is -3.01. The molecule has 4 nitrogen and oxygen atoms in total. The minimum atomic E-state index is -2.78. The van der Waals surface area contributed by atoms with Gasteiger partial charge in [0.15, 0.2) is 0 Å². The van der Waals surface area contributed by atoms with Crippen molar-refractivity contribution in [2.45, 2.75) is 13.1 Å². The molecule has 0 saturated heterocycles. The van der Waals surface area contributed by atoms with Crippen molar-refractivity contribution in [3.05, 3.63) is 53.6 Å². The molecule has 0 aliphatic rings. The highest BCUT2D eigenvalue weighted by Crippen LogP contribution is 2.16. The van der Waals surface area contributed by atoms with Crippen LogP contribution in [0, 0.1) is 11.6 Å². The molecule has 0 aliphatic heterocycles. The number of imidazole rings is 1. The van der Waals surface area contributed by atoms with Crippen molar-refractivity contribution < 1.29 is 22.4 Å². The molecular formula is C13H11F4N3O. The molecular weight excluding hydrogens is 290 g/mol. The van der Waals surface area contributed by atoms with Crippen LogP contribution in [0.25, 0.3) is 0 Å². The van der Waals surface area contributed by atoms with Gasteiger partial charge in [-0.05, 0) is 12.1 Å². The average molecular weight is 301 g/mol. The molecule has 1 heterocycles. The fourth-order valence-electron chi connectivity index (χ4n) is 1.80. The van der Waals surface area contributed by atoms with E-state index < -0.39 is 24.1 Å². The van der Waals surface area contributed by atoms with Crippen molar-refractivity contribution >= 4 is 5.91 Å². The Labute approximate surface area is 117 Å². The van der Waals surface area contributed by atoms with Crippen LogP contribution in [0.2, 0.25) is 0 Å². The predicted octanol–water partition coefficient (Wildman–Crippen LogP) is 2.83. The van der Waals surface area contributed by atoms with Crippen molar-refractivity contribution in [2.24, 2.45) is 0 Å². The Kier molecular flexibility index (Phi) is 4.25. The van der Waals surface area contributed by atoms with E-state index in [0.29, 0.717) is 10.6 Å². The summed E-state index contributed by atoms with van der Waals surface area (Å²) in [6.07, 6.45) is 2.26. The molecule has 0 spiro atoms. The monoisotopic (exact) mass is 301 g/mol. The van der Waals surface area contributed by atoms with Crippen molar-refractivity contribution in [1.29, 1.82) is 0 Å². The Balaban J connectivity index is 2.18. The second-order valence-corrected chi connectivity index (χ2v) is 4.31. The number of aromatic nitrogens is 2. The van der Waals surface area contributed by atoms with Gasteiger partial charge in [0.1, 0.15) is 17.5 Å². The Morgan fingerprint density at radius 3 is 2.71 bits per heavy atom. The number of amides is 1. The maximum absolute atomic E-state index is 13.5. The smallest absolute Gasteiger partial charge is 0.319 e. The second kappa shape index (κ2) is 5.94. The zero-order valence-electron chi connectivity index (χ0n) is 10.9. The molecule has 1 amide bonds. The largest absolute Gasteiger partial charge is 0.334 e. The van der Waals surface area contributed by atoms with Crippen LogP contribution in [0.4, 0.5) is 17.6 Å². The maximum atomic E-state index is 13.5. The molecule has 0 fully saturated rings. The summed E-state index contributed by atoms with van der Waals surface area (Å²) in [7, 11) is 1.32. The Hall–Kier alpha value is -2.38. The molecule has 2 rings (SSSR count). The number of benzene rings is 1. The van der Waals surface area contributed by atoms with Gasteiger partial charge in [-0.15, -0.1) is 0 Å². The summed E-state index contributed by atoms with van der Waals surface area (Å²) < 4.78 is 52.2. The molecule has 0 unspecified atom stereocenters. The molecule has 1 aromatic heterocycles. The number of hydrogen-bond donors (Lipinski definition) is 0. The number of halogens is 4. The third-order valence-electron chi connectivity index (χ3n) is 2.85. The summed E-state index contributed by atoms with van der Waals surface area (Å²) in [5.41, 5.74) is -0.339. The normalized spacial score (nSPS) is 11.0. The molecule has 0 bridgehead atoms. The van der Waals surface area contributed by atoms with Gasteiger partial charge < -0.3 is 4.90 Å². The van der Waals surface area contributed by atoms with E-state index in [1.54, 1.807) is 0 Å². The highest BCUT2D eigenvalue weighted by molar-refractivity contribution is 5.94. The van der Waals surface area contributed by atoms with Crippen LogP contribution in [0.5, 0.6) is 0 Å². The van der Waals surface area contributed by atoms with Gasteiger partial charge in [0.2, 0.25) is 0 Å². The zero-order valence-corrected chi connectivity index (χ0v) is 10.9. The lowest BCUT2D eigenvalue weighted by atomic mass is 10.2. The molecule has 21 heavy (non-hydrogen) atoms. The van der Waals surface area contributed by atoms with Gasteiger partial charge >= 0.3 is 6.55 Å². The SMILES string of the molecule is CN(Cc1nccn1C(F)F)C(=O)c1ccc(F)cc1F. The number of carbonyl (C=O) groups is 1. The third kappa shape index (κ3) is 3.21. The molecule has 0 saturated carbocycles. The van der Waals surface area contributed by atoms with E-state index in [1.807, 2.05) is 0 Å². The number of hydrogen-bond acceptors (Lipinski definition) is 2. The number of carbonyl (C=O) groups excluding carboxylic acids is 1. The van der Waals surface area contributed by atoms with E-state index in [9.17, 15) is 22.4 Å². The third-order valence-corrected chi connectivity index (χ3v) is 2.85. The molecule has 2 aromatic rings. The predicted molar refractivity (Wildman–Crippen MR) is 65.6 cm³/mol. The molecule has 8 heteroatoms. The summed E-state index contributed by atoms with van der Waals surface area (Å²) in [5.74, 6) is -2.61. The molecule has 1 aromatic carbocycles. The summed E-state index contributed by atoms with van der Waals surface area (Å²) in [4.78, 5) is 16.8. The van der Waals surface area contributed by atoms with Gasteiger partial charge in [0.05, 0.1) is 12.1 Å². The second-order valence-electron chi connectivity index (χ2n) is 4.31. The van der Waals surface area contributed by atoms with Crippen LogP contribution in [-0.2, 0) is 6.54 Å². The topological polar surface area (TPSA) is 38.1 Å². The van der Waals surface area contributed by atoms with Gasteiger partial charge in [0, 0.05) is 25.5 Å². The van der Waals surface area contributed by atoms with Crippen LogP contribution < -0.4 is 0 Å². The molecule has 112 valence electrons. The Bertz CT molecular complexity index is 657. The van der Waals surface area contributed by atoms with Gasteiger partial charge in [-0.3, -0.25) is 9.36 Å². The standard InChI is InChI=1S/C13H11F4N3O/c1-19(7-11-18-4-5-20(11)13(16)17)12(21)9-3-2-8(14)6-10(9)15/h2-6,13H,7H2,1H3. The average Bonchev–Trinajstić information content (AvgIpc) is 2.86. The zero-order chi connectivity index (χ0) is 15.6. The maximum Gasteiger partial charge on any atom is 0.319 e. The van der Waals surface area contributed by atoms with Gasteiger partial charge in [-0.1, -0.05) is 0 Å². The molecule has 0 aliphatic carbocycles. The van der Waals surface area contributed by atoms with Crippen LogP contribution in [0.1, 0.15) is 22.7 Å². The first-order valence-electron chi connectivity index (χ1n) is 5.90. The lowest BCUT2D eigenvalue weighted by Crippen LogP contribution is -2.28. The Morgan fingerprint density at radius 1 is 1.38 bits per heavy atom. The fourth-order valence-corrected chi connectivity index (χ4v) is 1.80. The van der Waals surface area contributed by atoms with Crippen molar-refractivity contribution in [3.8, 4) is 0 Å². The van der Waals surface area contributed by atoms with Crippen LogP contribution >= 0.6 is 0 Å². The summed E-state index contributed by atoms with van der Waals surface area (Å²) in [5, 5.41) is 0. The lowest BCUT2D eigenvalue weighted by Gasteiger charge is -2.18. The highest BCUT2D eigenvalue weighted by Gasteiger charge is 2.20. The van der Waals surface area contributed by atoms with Crippen molar-refractivity contribution in [2.75, 3.05) is 7.05 Å². The first-order valence-corrected chi connectivity index (χ1v) is 5.90. The lowest BCUT2D eigenvalue weighted by molar-refractivity contribution is 0.0611. The van der Waals surface area contributed by atoms with E-state index in [0.717, 1.165) is 23.2 Å². The first-order chi connectivity index (χ1) is 9.90. The quantitative estimate of drug-likeness (QED) is 0.814. The van der Waals surface area contributed by atoms with E-state index in [2.05, 4.69) is 4.98 Å². The van der Waals surface area contributed by atoms with Crippen molar-refractivity contribution in [3.63, 3.8) is 0 Å². The minimum absolute atomic E-state index is 0.0385. The highest BCUT2D eigenvalue weighted by atomic mass is 19.3. The van der Waals surface area contributed by atoms with Crippen LogP contribution in [-0.4, -0.2) is 27.4 Å². The first kappa shape index (κ1) is 15.0. The molecule has 0 radical (unpaired) electrons. The van der Waals surface area contributed by atoms with E-state index in [4.69, 9.17) is 0 Å². The fraction of sp³-hybridized carbons (Fsp3) is 0.231. The summed E-state index contributed by atoms with van der Waals surface area (Å²) in [6, 6.07) is 2.54. The minimum Gasteiger partial charge on any atom is -0.334 e. The number of alkyl halides is 2. The Morgan fingerprint density at radius 2 is 2.10 bits per heavy atom. The van der Waals surface area contributed by atoms with Crippen LogP contribution in [0.15, 0.2) is 30.6 Å². The van der Waals surface area contributed by atoms with Gasteiger partial charge in [-0.25, -0.2) is 13.8 Å².